The van der Waals surface area contributed by atoms with Gasteiger partial charge in [-0.25, -0.2) is 8.78 Å². The summed E-state index contributed by atoms with van der Waals surface area (Å²) in [6.45, 7) is 1.73. The average molecular weight is 462 g/mol. The molecule has 0 radical (unpaired) electrons. The Bertz CT molecular complexity index is 1620. The maximum absolute atomic E-state index is 14.7. The number of carbonyl (C=O) groups excluding carboxylic acids is 1. The van der Waals surface area contributed by atoms with E-state index in [4.69, 9.17) is 0 Å². The van der Waals surface area contributed by atoms with Gasteiger partial charge in [-0.3, -0.25) is 18.8 Å². The van der Waals surface area contributed by atoms with Crippen molar-refractivity contribution in [3.05, 3.63) is 103 Å². The zero-order valence-electron chi connectivity index (χ0n) is 17.5. The summed E-state index contributed by atoms with van der Waals surface area (Å²) >= 11 is 0.877. The Morgan fingerprint density at radius 3 is 2.61 bits per heavy atom. The van der Waals surface area contributed by atoms with Crippen LogP contribution in [-0.4, -0.2) is 20.1 Å². The number of aryl methyl sites for hydroxylation is 2. The first-order valence-electron chi connectivity index (χ1n) is 9.72. The summed E-state index contributed by atoms with van der Waals surface area (Å²) in [4.78, 5) is 26.6. The largest absolute Gasteiger partial charge is 0.288 e. The third-order valence-corrected chi connectivity index (χ3v) is 6.03. The SMILES string of the molecule is Cc1ccccc1C(=O)/C(C#N)=c1\s/c(=C/c2cnn(C)c2)c(=O)n1-c1ccc(F)cc1F. The van der Waals surface area contributed by atoms with E-state index in [9.17, 15) is 23.6 Å². The van der Waals surface area contributed by atoms with Gasteiger partial charge >= 0.3 is 0 Å². The molecule has 33 heavy (non-hydrogen) atoms. The first-order valence-corrected chi connectivity index (χ1v) is 10.5. The maximum Gasteiger partial charge on any atom is 0.273 e. The Kier molecular flexibility index (Phi) is 5.85. The number of nitrogens with zero attached hydrogens (tertiary/aromatic N) is 4. The summed E-state index contributed by atoms with van der Waals surface area (Å²) in [5.41, 5.74) is 0.326. The summed E-state index contributed by atoms with van der Waals surface area (Å²) < 4.78 is 30.8. The van der Waals surface area contributed by atoms with Gasteiger partial charge in [0, 0.05) is 30.4 Å². The number of carbonyl (C=O) groups is 1. The van der Waals surface area contributed by atoms with Gasteiger partial charge in [0.05, 0.1) is 16.4 Å². The predicted octanol–water partition coefficient (Wildman–Crippen LogP) is 2.61. The molecule has 2 heterocycles. The molecule has 0 bridgehead atoms. The smallest absolute Gasteiger partial charge is 0.273 e. The second-order valence-corrected chi connectivity index (χ2v) is 8.26. The molecule has 6 nitrogen and oxygen atoms in total. The topological polar surface area (TPSA) is 80.7 Å². The summed E-state index contributed by atoms with van der Waals surface area (Å²) in [6, 6.07) is 11.4. The van der Waals surface area contributed by atoms with Crippen LogP contribution in [0.5, 0.6) is 0 Å². The van der Waals surface area contributed by atoms with Crippen molar-refractivity contribution in [1.82, 2.24) is 14.3 Å². The standard InChI is InChI=1S/C24H16F2N4O2S/c1-14-5-3-4-6-17(14)22(31)18(11-27)24-30(20-8-7-16(25)10-19(20)26)23(32)21(33-24)9-15-12-28-29(2)13-15/h3-10,12-13H,1-2H3/b21-9+,24-18-. The molecular weight excluding hydrogens is 446 g/mol. The van der Waals surface area contributed by atoms with Crippen molar-refractivity contribution >= 4 is 28.8 Å². The predicted molar refractivity (Wildman–Crippen MR) is 120 cm³/mol. The minimum atomic E-state index is -0.996. The molecule has 0 amide bonds. The van der Waals surface area contributed by atoms with E-state index in [0.29, 0.717) is 22.8 Å². The number of ketones is 1. The summed E-state index contributed by atoms with van der Waals surface area (Å²) in [6.07, 6.45) is 4.75. The van der Waals surface area contributed by atoms with Gasteiger partial charge in [0.15, 0.2) is 0 Å². The van der Waals surface area contributed by atoms with E-state index in [-0.39, 0.29) is 20.5 Å². The molecule has 0 aliphatic rings. The van der Waals surface area contributed by atoms with Crippen LogP contribution in [0.25, 0.3) is 17.3 Å². The highest BCUT2D eigenvalue weighted by Gasteiger charge is 2.21. The summed E-state index contributed by atoms with van der Waals surface area (Å²) in [5, 5.41) is 13.9. The molecule has 0 unspecified atom stereocenters. The van der Waals surface area contributed by atoms with E-state index in [1.54, 1.807) is 49.1 Å². The molecule has 0 saturated carbocycles. The van der Waals surface area contributed by atoms with Crippen LogP contribution in [-0.2, 0) is 7.05 Å². The second kappa shape index (κ2) is 8.76. The molecule has 4 rings (SSSR count). The second-order valence-electron chi connectivity index (χ2n) is 7.23. The van der Waals surface area contributed by atoms with Gasteiger partial charge in [0.2, 0.25) is 5.78 Å². The Morgan fingerprint density at radius 1 is 1.21 bits per heavy atom. The fourth-order valence-corrected chi connectivity index (χ4v) is 4.45. The number of hydrogen-bond acceptors (Lipinski definition) is 5. The summed E-state index contributed by atoms with van der Waals surface area (Å²) in [7, 11) is 1.71. The molecule has 0 aliphatic carbocycles. The lowest BCUT2D eigenvalue weighted by molar-refractivity contribution is 0.105. The van der Waals surface area contributed by atoms with Gasteiger partial charge in [-0.1, -0.05) is 24.3 Å². The van der Waals surface area contributed by atoms with Crippen molar-refractivity contribution < 1.29 is 13.6 Å². The van der Waals surface area contributed by atoms with E-state index in [0.717, 1.165) is 28.0 Å². The average Bonchev–Trinajstić information content (AvgIpc) is 3.32. The fraction of sp³-hybridized carbons (Fsp3) is 0.0833. The van der Waals surface area contributed by atoms with Crippen LogP contribution >= 0.6 is 11.3 Å². The molecule has 2 aromatic carbocycles. The zero-order valence-corrected chi connectivity index (χ0v) is 18.4. The Morgan fingerprint density at radius 2 is 1.97 bits per heavy atom. The van der Waals surface area contributed by atoms with Crippen molar-refractivity contribution in [1.29, 1.82) is 5.26 Å². The van der Waals surface area contributed by atoms with Gasteiger partial charge in [0.1, 0.15) is 27.9 Å². The monoisotopic (exact) mass is 462 g/mol. The maximum atomic E-state index is 14.7. The first-order chi connectivity index (χ1) is 15.8. The lowest BCUT2D eigenvalue weighted by atomic mass is 10.0. The minimum absolute atomic E-state index is 0.0450. The zero-order chi connectivity index (χ0) is 23.7. The number of nitriles is 1. The van der Waals surface area contributed by atoms with Gasteiger partial charge in [-0.05, 0) is 30.7 Å². The van der Waals surface area contributed by atoms with Crippen LogP contribution in [0.1, 0.15) is 21.5 Å². The van der Waals surface area contributed by atoms with Crippen molar-refractivity contribution in [3.8, 4) is 11.8 Å². The van der Waals surface area contributed by atoms with Crippen molar-refractivity contribution in [3.63, 3.8) is 0 Å². The lowest BCUT2D eigenvalue weighted by Gasteiger charge is -2.06. The van der Waals surface area contributed by atoms with Gasteiger partial charge in [-0.2, -0.15) is 10.4 Å². The minimum Gasteiger partial charge on any atom is -0.288 e. The van der Waals surface area contributed by atoms with Crippen LogP contribution < -0.4 is 14.8 Å². The number of halogens is 2. The highest BCUT2D eigenvalue weighted by atomic mass is 32.1. The number of rotatable bonds is 4. The van der Waals surface area contributed by atoms with E-state index in [2.05, 4.69) is 5.10 Å². The molecule has 0 N–H and O–H groups in total. The van der Waals surface area contributed by atoms with Crippen molar-refractivity contribution in [2.75, 3.05) is 0 Å². The normalized spacial score (nSPS) is 12.5. The molecule has 0 aliphatic heterocycles. The van der Waals surface area contributed by atoms with Crippen LogP contribution in [0.3, 0.4) is 0 Å². The van der Waals surface area contributed by atoms with Crippen molar-refractivity contribution in [2.45, 2.75) is 6.92 Å². The number of benzene rings is 2. The van der Waals surface area contributed by atoms with Gasteiger partial charge in [-0.15, -0.1) is 11.3 Å². The van der Waals surface area contributed by atoms with Gasteiger partial charge in [0.25, 0.3) is 5.56 Å². The highest BCUT2D eigenvalue weighted by molar-refractivity contribution is 7.07. The first kappa shape index (κ1) is 22.0. The van der Waals surface area contributed by atoms with Crippen LogP contribution in [0, 0.1) is 29.9 Å². The number of thiazole rings is 1. The van der Waals surface area contributed by atoms with Crippen molar-refractivity contribution in [2.24, 2.45) is 7.05 Å². The molecule has 2 aromatic heterocycles. The quantitative estimate of drug-likeness (QED) is 0.437. The Hall–Kier alpha value is -4.16. The highest BCUT2D eigenvalue weighted by Crippen LogP contribution is 2.15. The van der Waals surface area contributed by atoms with E-state index >= 15 is 0 Å². The van der Waals surface area contributed by atoms with Crippen LogP contribution in [0.15, 0.2) is 59.7 Å². The van der Waals surface area contributed by atoms with Crippen LogP contribution in [0.2, 0.25) is 0 Å². The molecule has 4 aromatic rings. The third kappa shape index (κ3) is 4.16. The van der Waals surface area contributed by atoms with Crippen LogP contribution in [0.4, 0.5) is 8.78 Å². The summed E-state index contributed by atoms with van der Waals surface area (Å²) in [5.74, 6) is -2.41. The third-order valence-electron chi connectivity index (χ3n) is 4.94. The fourth-order valence-electron chi connectivity index (χ4n) is 3.36. The number of Topliss-reactive ketones (excluding diaryl/α,β-unsaturated/α-hetero) is 1. The number of hydrogen-bond donors (Lipinski definition) is 0. The molecule has 9 heteroatoms. The Balaban J connectivity index is 2.10. The number of aromatic nitrogens is 3. The molecular formula is C24H16F2N4O2S. The Labute approximate surface area is 190 Å². The van der Waals surface area contributed by atoms with E-state index in [1.807, 2.05) is 6.07 Å². The molecule has 0 atom stereocenters. The van der Waals surface area contributed by atoms with Gasteiger partial charge < -0.3 is 0 Å². The lowest BCUT2D eigenvalue weighted by Crippen LogP contribution is -2.32. The molecule has 0 fully saturated rings. The molecule has 0 saturated heterocycles. The van der Waals surface area contributed by atoms with E-state index < -0.39 is 23.0 Å². The molecule has 164 valence electrons. The molecule has 0 spiro atoms. The van der Waals surface area contributed by atoms with E-state index in [1.165, 1.54) is 12.3 Å².